The number of benzene rings is 2. The molecule has 32 heavy (non-hydrogen) atoms. The van der Waals surface area contributed by atoms with Crippen molar-refractivity contribution >= 4 is 28.7 Å². The molecule has 7 heteroatoms. The predicted molar refractivity (Wildman–Crippen MR) is 132 cm³/mol. The van der Waals surface area contributed by atoms with Crippen molar-refractivity contribution in [1.29, 1.82) is 0 Å². The zero-order valence-corrected chi connectivity index (χ0v) is 18.9. The van der Waals surface area contributed by atoms with E-state index in [4.69, 9.17) is 10.7 Å². The number of nitrogens with zero attached hydrogens (tertiary/aromatic N) is 5. The minimum Gasteiger partial charge on any atom is -0.399 e. The minimum absolute atomic E-state index is 0.657. The molecule has 0 radical (unpaired) electrons. The average molecular weight is 430 g/mol. The minimum atomic E-state index is 0.657. The maximum atomic E-state index is 6.01. The van der Waals surface area contributed by atoms with Crippen LogP contribution in [0.25, 0.3) is 0 Å². The van der Waals surface area contributed by atoms with Crippen molar-refractivity contribution in [3.63, 3.8) is 0 Å². The van der Waals surface area contributed by atoms with Gasteiger partial charge in [0.05, 0.1) is 5.69 Å². The summed E-state index contributed by atoms with van der Waals surface area (Å²) in [6.45, 7) is 8.22. The van der Waals surface area contributed by atoms with Crippen LogP contribution in [0.1, 0.15) is 16.8 Å². The van der Waals surface area contributed by atoms with E-state index in [1.807, 2.05) is 12.3 Å². The van der Waals surface area contributed by atoms with Gasteiger partial charge in [-0.15, -0.1) is 0 Å². The summed E-state index contributed by atoms with van der Waals surface area (Å²) in [6.07, 6.45) is 2.85. The van der Waals surface area contributed by atoms with Crippen LogP contribution in [-0.2, 0) is 13.0 Å². The number of rotatable bonds is 4. The molecule has 7 nitrogen and oxygen atoms in total. The summed E-state index contributed by atoms with van der Waals surface area (Å²) >= 11 is 0. The molecule has 1 fully saturated rings. The molecule has 0 bridgehead atoms. The quantitative estimate of drug-likeness (QED) is 0.616. The third-order valence-electron chi connectivity index (χ3n) is 6.50. The van der Waals surface area contributed by atoms with Gasteiger partial charge in [-0.3, -0.25) is 0 Å². The van der Waals surface area contributed by atoms with E-state index in [0.29, 0.717) is 5.95 Å². The lowest BCUT2D eigenvalue weighted by atomic mass is 10.0. The highest BCUT2D eigenvalue weighted by Crippen LogP contribution is 2.29. The van der Waals surface area contributed by atoms with Crippen molar-refractivity contribution in [2.24, 2.45) is 0 Å². The van der Waals surface area contributed by atoms with E-state index >= 15 is 0 Å². The zero-order chi connectivity index (χ0) is 22.1. The Hall–Kier alpha value is -3.32. The van der Waals surface area contributed by atoms with Crippen molar-refractivity contribution in [2.75, 3.05) is 60.6 Å². The molecule has 2 aliphatic rings. The van der Waals surface area contributed by atoms with Gasteiger partial charge in [0, 0.05) is 80.2 Å². The Labute approximate surface area is 189 Å². The first-order chi connectivity index (χ1) is 15.5. The van der Waals surface area contributed by atoms with Gasteiger partial charge >= 0.3 is 0 Å². The maximum Gasteiger partial charge on any atom is 0.227 e. The molecule has 0 unspecified atom stereocenters. The topological polar surface area (TPSA) is 73.6 Å². The van der Waals surface area contributed by atoms with Crippen molar-refractivity contribution < 1.29 is 0 Å². The van der Waals surface area contributed by atoms with Gasteiger partial charge in [0.1, 0.15) is 0 Å². The Morgan fingerprint density at radius 2 is 1.72 bits per heavy atom. The van der Waals surface area contributed by atoms with E-state index in [0.717, 1.165) is 62.8 Å². The molecule has 0 saturated carbocycles. The van der Waals surface area contributed by atoms with Crippen molar-refractivity contribution in [3.8, 4) is 0 Å². The molecule has 166 valence electrons. The standard InChI is InChI=1S/C25H31N7/c1-18-3-4-20(26)15-24(18)32-10-9-23-19(17-32)16-27-25(29-23)28-21-5-7-22(8-6-21)31-13-11-30(2)12-14-31/h3-8,15-16H,9-14,17,26H2,1-2H3,(H,27,28,29). The average Bonchev–Trinajstić information content (AvgIpc) is 2.81. The van der Waals surface area contributed by atoms with Gasteiger partial charge < -0.3 is 25.8 Å². The number of hydrogen-bond acceptors (Lipinski definition) is 7. The lowest BCUT2D eigenvalue weighted by Gasteiger charge is -2.34. The SMILES string of the molecule is Cc1ccc(N)cc1N1CCc2nc(Nc3ccc(N4CCN(C)CC4)cc3)ncc2C1. The first-order valence-corrected chi connectivity index (χ1v) is 11.3. The number of aryl methyl sites for hydroxylation is 1. The number of likely N-dealkylation sites (N-methyl/N-ethyl adjacent to an activating group) is 1. The molecule has 1 saturated heterocycles. The largest absolute Gasteiger partial charge is 0.399 e. The predicted octanol–water partition coefficient (Wildman–Crippen LogP) is 3.43. The van der Waals surface area contributed by atoms with Crippen molar-refractivity contribution in [1.82, 2.24) is 14.9 Å². The van der Waals surface area contributed by atoms with Crippen LogP contribution in [0.5, 0.6) is 0 Å². The number of piperazine rings is 1. The van der Waals surface area contributed by atoms with Crippen LogP contribution in [-0.4, -0.2) is 54.6 Å². The second-order valence-corrected chi connectivity index (χ2v) is 8.85. The van der Waals surface area contributed by atoms with E-state index < -0.39 is 0 Å². The number of nitrogens with two attached hydrogens (primary N) is 1. The van der Waals surface area contributed by atoms with Crippen LogP contribution >= 0.6 is 0 Å². The lowest BCUT2D eigenvalue weighted by molar-refractivity contribution is 0.313. The highest BCUT2D eigenvalue weighted by Gasteiger charge is 2.20. The van der Waals surface area contributed by atoms with E-state index in [1.165, 1.54) is 22.5 Å². The molecule has 0 spiro atoms. The summed E-state index contributed by atoms with van der Waals surface area (Å²) in [6, 6.07) is 14.7. The smallest absolute Gasteiger partial charge is 0.227 e. The van der Waals surface area contributed by atoms with Gasteiger partial charge in [0.25, 0.3) is 0 Å². The van der Waals surface area contributed by atoms with Gasteiger partial charge in [-0.05, 0) is 55.9 Å². The normalized spacial score (nSPS) is 16.7. The number of nitrogens with one attached hydrogen (secondary N) is 1. The maximum absolute atomic E-state index is 6.01. The third kappa shape index (κ3) is 4.34. The molecule has 1 aromatic heterocycles. The molecule has 0 amide bonds. The summed E-state index contributed by atoms with van der Waals surface area (Å²) in [7, 11) is 2.18. The van der Waals surface area contributed by atoms with E-state index in [2.05, 4.69) is 75.4 Å². The summed E-state index contributed by atoms with van der Waals surface area (Å²) in [5.74, 6) is 0.657. The zero-order valence-electron chi connectivity index (χ0n) is 18.9. The second kappa shape index (κ2) is 8.67. The molecule has 0 atom stereocenters. The first-order valence-electron chi connectivity index (χ1n) is 11.3. The molecule has 3 heterocycles. The second-order valence-electron chi connectivity index (χ2n) is 8.85. The van der Waals surface area contributed by atoms with Crippen LogP contribution in [0, 0.1) is 6.92 Å². The molecule has 3 aromatic rings. The van der Waals surface area contributed by atoms with Crippen LogP contribution in [0.2, 0.25) is 0 Å². The van der Waals surface area contributed by atoms with Crippen LogP contribution in [0.15, 0.2) is 48.7 Å². The fourth-order valence-corrected chi connectivity index (χ4v) is 4.50. The van der Waals surface area contributed by atoms with Gasteiger partial charge in [-0.2, -0.15) is 0 Å². The molecule has 0 aliphatic carbocycles. The van der Waals surface area contributed by atoms with Crippen LogP contribution in [0.4, 0.5) is 28.7 Å². The number of aromatic nitrogens is 2. The number of anilines is 5. The highest BCUT2D eigenvalue weighted by molar-refractivity contribution is 5.62. The number of hydrogen-bond donors (Lipinski definition) is 2. The Morgan fingerprint density at radius 3 is 2.50 bits per heavy atom. The Bertz CT molecular complexity index is 1090. The lowest BCUT2D eigenvalue weighted by Crippen LogP contribution is -2.44. The van der Waals surface area contributed by atoms with Gasteiger partial charge in [-0.1, -0.05) is 6.07 Å². The van der Waals surface area contributed by atoms with Crippen LogP contribution in [0.3, 0.4) is 0 Å². The highest BCUT2D eigenvalue weighted by atomic mass is 15.2. The van der Waals surface area contributed by atoms with Gasteiger partial charge in [-0.25, -0.2) is 9.97 Å². The molecular formula is C25H31N7. The Balaban J connectivity index is 1.26. The summed E-state index contributed by atoms with van der Waals surface area (Å²) in [5.41, 5.74) is 13.8. The summed E-state index contributed by atoms with van der Waals surface area (Å²) in [5, 5.41) is 3.37. The third-order valence-corrected chi connectivity index (χ3v) is 6.50. The number of nitrogen functional groups attached to an aromatic ring is 1. The number of fused-ring (bicyclic) bond motifs is 1. The Kier molecular flexibility index (Phi) is 5.57. The monoisotopic (exact) mass is 429 g/mol. The van der Waals surface area contributed by atoms with Crippen LogP contribution < -0.4 is 20.9 Å². The summed E-state index contributed by atoms with van der Waals surface area (Å²) < 4.78 is 0. The van der Waals surface area contributed by atoms with E-state index in [1.54, 1.807) is 0 Å². The summed E-state index contributed by atoms with van der Waals surface area (Å²) in [4.78, 5) is 16.6. The fraction of sp³-hybridized carbons (Fsp3) is 0.360. The molecule has 2 aliphatic heterocycles. The Morgan fingerprint density at radius 1 is 0.938 bits per heavy atom. The molecule has 5 rings (SSSR count). The van der Waals surface area contributed by atoms with E-state index in [-0.39, 0.29) is 0 Å². The first kappa shape index (κ1) is 20.6. The van der Waals surface area contributed by atoms with Gasteiger partial charge in [0.15, 0.2) is 0 Å². The molecule has 3 N–H and O–H groups in total. The molecular weight excluding hydrogens is 398 g/mol. The fourth-order valence-electron chi connectivity index (χ4n) is 4.50. The van der Waals surface area contributed by atoms with Gasteiger partial charge in [0.2, 0.25) is 5.95 Å². The van der Waals surface area contributed by atoms with Crippen molar-refractivity contribution in [3.05, 3.63) is 65.5 Å². The molecule has 2 aromatic carbocycles. The van der Waals surface area contributed by atoms with Crippen molar-refractivity contribution in [2.45, 2.75) is 19.9 Å². The van der Waals surface area contributed by atoms with E-state index in [9.17, 15) is 0 Å².